The fourth-order valence-electron chi connectivity index (χ4n) is 2.35. The predicted octanol–water partition coefficient (Wildman–Crippen LogP) is 6.13. The van der Waals surface area contributed by atoms with Gasteiger partial charge in [0.25, 0.3) is 0 Å². The molecule has 0 fully saturated rings. The van der Waals surface area contributed by atoms with Crippen molar-refractivity contribution >= 4 is 11.6 Å². The normalized spacial score (nSPS) is 11.5. The van der Waals surface area contributed by atoms with Gasteiger partial charge in [0.15, 0.2) is 0 Å². The largest absolute Gasteiger partial charge is 0.457 e. The first-order valence-corrected chi connectivity index (χ1v) is 7.79. The van der Waals surface area contributed by atoms with Gasteiger partial charge in [-0.05, 0) is 42.5 Å². The van der Waals surface area contributed by atoms with Gasteiger partial charge >= 0.3 is 0 Å². The van der Waals surface area contributed by atoms with Crippen LogP contribution in [0.1, 0.15) is 43.0 Å². The number of ether oxygens (including phenoxy) is 1. The van der Waals surface area contributed by atoms with Crippen molar-refractivity contribution in [3.63, 3.8) is 0 Å². The zero-order valence-corrected chi connectivity index (χ0v) is 14.2. The maximum atomic E-state index is 6.18. The summed E-state index contributed by atoms with van der Waals surface area (Å²) in [6.07, 6.45) is 0. The van der Waals surface area contributed by atoms with Gasteiger partial charge in [0.2, 0.25) is 0 Å². The second kappa shape index (κ2) is 6.11. The van der Waals surface area contributed by atoms with E-state index in [1.165, 1.54) is 11.1 Å². The Balaban J connectivity index is 2.40. The molecule has 0 aromatic heterocycles. The van der Waals surface area contributed by atoms with E-state index in [1.54, 1.807) is 0 Å². The van der Waals surface area contributed by atoms with Crippen LogP contribution in [0, 0.1) is 13.8 Å². The summed E-state index contributed by atoms with van der Waals surface area (Å²) >= 11 is 5.87. The lowest BCUT2D eigenvalue weighted by Gasteiger charge is -2.23. The fourth-order valence-corrected chi connectivity index (χ4v) is 2.51. The molecule has 2 rings (SSSR count). The maximum Gasteiger partial charge on any atom is 0.131 e. The lowest BCUT2D eigenvalue weighted by molar-refractivity contribution is 0.452. The van der Waals surface area contributed by atoms with E-state index >= 15 is 0 Å². The van der Waals surface area contributed by atoms with Crippen molar-refractivity contribution in [2.24, 2.45) is 0 Å². The zero-order chi connectivity index (χ0) is 15.6. The van der Waals surface area contributed by atoms with Gasteiger partial charge in [-0.2, -0.15) is 0 Å². The molecule has 2 aromatic rings. The number of hydrogen-bond acceptors (Lipinski definition) is 1. The highest BCUT2D eigenvalue weighted by molar-refractivity contribution is 6.17. The van der Waals surface area contributed by atoms with E-state index < -0.39 is 0 Å². The Morgan fingerprint density at radius 1 is 0.952 bits per heavy atom. The molecule has 1 nitrogen and oxygen atoms in total. The molecule has 2 aromatic carbocycles. The third-order valence-electron chi connectivity index (χ3n) is 3.56. The first-order chi connectivity index (χ1) is 9.81. The number of rotatable bonds is 3. The van der Waals surface area contributed by atoms with E-state index in [2.05, 4.69) is 58.9 Å². The van der Waals surface area contributed by atoms with Crippen molar-refractivity contribution in [3.05, 3.63) is 58.7 Å². The minimum absolute atomic E-state index is 0.0470. The topological polar surface area (TPSA) is 9.23 Å². The molecule has 0 unspecified atom stereocenters. The Morgan fingerprint density at radius 2 is 1.62 bits per heavy atom. The van der Waals surface area contributed by atoms with E-state index in [0.717, 1.165) is 22.6 Å². The van der Waals surface area contributed by atoms with Gasteiger partial charge < -0.3 is 4.74 Å². The quantitative estimate of drug-likeness (QED) is 0.619. The van der Waals surface area contributed by atoms with Gasteiger partial charge in [0.1, 0.15) is 11.5 Å². The molecule has 0 heterocycles. The molecule has 2 heteroatoms. The molecule has 112 valence electrons. The molecule has 0 amide bonds. The van der Waals surface area contributed by atoms with E-state index in [0.29, 0.717) is 5.88 Å². The summed E-state index contributed by atoms with van der Waals surface area (Å²) in [7, 11) is 0. The molecule has 0 spiro atoms. The van der Waals surface area contributed by atoms with E-state index in [-0.39, 0.29) is 5.41 Å². The minimum Gasteiger partial charge on any atom is -0.457 e. The molecule has 0 aliphatic carbocycles. The van der Waals surface area contributed by atoms with Crippen LogP contribution in [0.5, 0.6) is 11.5 Å². The number of halogens is 1. The van der Waals surface area contributed by atoms with Crippen LogP contribution in [-0.2, 0) is 11.3 Å². The Labute approximate surface area is 132 Å². The van der Waals surface area contributed by atoms with Crippen LogP contribution in [0.4, 0.5) is 0 Å². The summed E-state index contributed by atoms with van der Waals surface area (Å²) in [6.45, 7) is 10.8. The molecule has 0 atom stereocenters. The van der Waals surface area contributed by atoms with E-state index in [4.69, 9.17) is 16.3 Å². The Kier molecular flexibility index (Phi) is 4.63. The molecular formula is C19H23ClO. The molecule has 0 saturated carbocycles. The first kappa shape index (κ1) is 15.9. The maximum absolute atomic E-state index is 6.18. The SMILES string of the molecule is Cc1ccc(Oc2ccc(CCl)cc2C)c(C(C)(C)C)c1. The minimum atomic E-state index is 0.0470. The molecule has 0 bridgehead atoms. The lowest BCUT2D eigenvalue weighted by Crippen LogP contribution is -2.13. The highest BCUT2D eigenvalue weighted by Crippen LogP contribution is 2.36. The second-order valence-electron chi connectivity index (χ2n) is 6.59. The van der Waals surface area contributed by atoms with Gasteiger partial charge in [0.05, 0.1) is 0 Å². The Morgan fingerprint density at radius 3 is 2.19 bits per heavy atom. The summed E-state index contributed by atoms with van der Waals surface area (Å²) in [6, 6.07) is 12.4. The number of benzene rings is 2. The molecular weight excluding hydrogens is 280 g/mol. The first-order valence-electron chi connectivity index (χ1n) is 7.26. The summed E-state index contributed by atoms with van der Waals surface area (Å²) < 4.78 is 6.18. The predicted molar refractivity (Wildman–Crippen MR) is 90.7 cm³/mol. The van der Waals surface area contributed by atoms with Crippen molar-refractivity contribution in [2.45, 2.75) is 45.9 Å². The molecule has 0 radical (unpaired) electrons. The monoisotopic (exact) mass is 302 g/mol. The average molecular weight is 303 g/mol. The average Bonchev–Trinajstić information content (AvgIpc) is 2.41. The van der Waals surface area contributed by atoms with Crippen LogP contribution >= 0.6 is 11.6 Å². The Hall–Kier alpha value is -1.47. The molecule has 0 N–H and O–H groups in total. The molecule has 21 heavy (non-hydrogen) atoms. The smallest absolute Gasteiger partial charge is 0.131 e. The summed E-state index contributed by atoms with van der Waals surface area (Å²) in [5.74, 6) is 2.34. The van der Waals surface area contributed by atoms with Gasteiger partial charge in [-0.1, -0.05) is 50.6 Å². The number of aryl methyl sites for hydroxylation is 2. The van der Waals surface area contributed by atoms with Crippen LogP contribution in [-0.4, -0.2) is 0 Å². The molecule has 0 aliphatic heterocycles. The van der Waals surface area contributed by atoms with Crippen LogP contribution < -0.4 is 4.74 Å². The number of hydrogen-bond donors (Lipinski definition) is 0. The van der Waals surface area contributed by atoms with Crippen LogP contribution in [0.15, 0.2) is 36.4 Å². The lowest BCUT2D eigenvalue weighted by atomic mass is 9.85. The van der Waals surface area contributed by atoms with E-state index in [9.17, 15) is 0 Å². The molecule has 0 saturated heterocycles. The van der Waals surface area contributed by atoms with Crippen molar-refractivity contribution < 1.29 is 4.74 Å². The van der Waals surface area contributed by atoms with Gasteiger partial charge in [-0.15, -0.1) is 11.6 Å². The highest BCUT2D eigenvalue weighted by atomic mass is 35.5. The van der Waals surface area contributed by atoms with Crippen LogP contribution in [0.2, 0.25) is 0 Å². The fraction of sp³-hybridized carbons (Fsp3) is 0.368. The van der Waals surface area contributed by atoms with Gasteiger partial charge in [-0.25, -0.2) is 0 Å². The third-order valence-corrected chi connectivity index (χ3v) is 3.87. The third kappa shape index (κ3) is 3.79. The standard InChI is InChI=1S/C19H23ClO/c1-13-6-8-18(16(10-13)19(3,4)5)21-17-9-7-15(12-20)11-14(17)2/h6-11H,12H2,1-5H3. The summed E-state index contributed by atoms with van der Waals surface area (Å²) in [4.78, 5) is 0. The van der Waals surface area contributed by atoms with Crippen molar-refractivity contribution in [1.29, 1.82) is 0 Å². The second-order valence-corrected chi connectivity index (χ2v) is 6.85. The van der Waals surface area contributed by atoms with Crippen LogP contribution in [0.3, 0.4) is 0 Å². The van der Waals surface area contributed by atoms with Crippen LogP contribution in [0.25, 0.3) is 0 Å². The van der Waals surface area contributed by atoms with Crippen molar-refractivity contribution in [1.82, 2.24) is 0 Å². The van der Waals surface area contributed by atoms with E-state index in [1.807, 2.05) is 12.1 Å². The Bertz CT molecular complexity index is 638. The van der Waals surface area contributed by atoms with Crippen molar-refractivity contribution in [2.75, 3.05) is 0 Å². The van der Waals surface area contributed by atoms with Gasteiger partial charge in [-0.3, -0.25) is 0 Å². The zero-order valence-electron chi connectivity index (χ0n) is 13.5. The number of alkyl halides is 1. The highest BCUT2D eigenvalue weighted by Gasteiger charge is 2.20. The summed E-state index contributed by atoms with van der Waals surface area (Å²) in [5, 5.41) is 0. The summed E-state index contributed by atoms with van der Waals surface area (Å²) in [5.41, 5.74) is 4.74. The van der Waals surface area contributed by atoms with Gasteiger partial charge in [0, 0.05) is 11.4 Å². The van der Waals surface area contributed by atoms with Crippen molar-refractivity contribution in [3.8, 4) is 11.5 Å². The molecule has 0 aliphatic rings.